The summed E-state index contributed by atoms with van der Waals surface area (Å²) in [6, 6.07) is 11.4. The van der Waals surface area contributed by atoms with E-state index in [0.29, 0.717) is 38.3 Å². The van der Waals surface area contributed by atoms with Crippen LogP contribution in [0.5, 0.6) is 5.75 Å². The summed E-state index contributed by atoms with van der Waals surface area (Å²) < 4.78 is 34.8. The molecule has 1 fully saturated rings. The number of fused-ring (bicyclic) bond motifs is 4. The molecule has 4 aliphatic rings. The Morgan fingerprint density at radius 1 is 1.15 bits per heavy atom. The molecule has 2 aliphatic carbocycles. The Labute approximate surface area is 248 Å². The van der Waals surface area contributed by atoms with Crippen molar-refractivity contribution in [3.63, 3.8) is 0 Å². The van der Waals surface area contributed by atoms with Gasteiger partial charge in [0.1, 0.15) is 5.75 Å². The standard InChI is InChI=1S/C32H39ClN2O5S/c1-21-6-3-4-14-31(2,37)26-11-8-24(26)18-35-19-32(15-5-7-22-16-25(33)10-12-27(22)32)20-40-29-13-9-23(17-28(29)35)30(36)34-41(21,38)39/h4,9-10,12-14,16-17,21,24,26,37H,3,5-8,11,15,18-20H2,1-2H3,(H,34,36)/b14-4+/t21-,24-,26+,31-,32-/m0/s1. The van der Waals surface area contributed by atoms with E-state index in [1.807, 2.05) is 25.1 Å². The molecule has 2 aromatic rings. The number of amides is 1. The molecular formula is C32H39ClN2O5S. The first-order valence-corrected chi connectivity index (χ1v) is 16.7. The molecule has 41 heavy (non-hydrogen) atoms. The number of aliphatic hydroxyl groups is 1. The first-order valence-electron chi connectivity index (χ1n) is 14.7. The van der Waals surface area contributed by atoms with E-state index in [-0.39, 0.29) is 22.8 Å². The molecule has 1 saturated carbocycles. The Kier molecular flexibility index (Phi) is 7.40. The van der Waals surface area contributed by atoms with Crippen LogP contribution in [0.4, 0.5) is 5.69 Å². The number of nitrogens with zero attached hydrogens (tertiary/aromatic N) is 1. The number of sulfonamides is 1. The van der Waals surface area contributed by atoms with Crippen LogP contribution in [0, 0.1) is 11.8 Å². The van der Waals surface area contributed by atoms with Crippen LogP contribution < -0.4 is 14.4 Å². The lowest BCUT2D eigenvalue weighted by atomic mass is 9.64. The summed E-state index contributed by atoms with van der Waals surface area (Å²) in [5.74, 6) is 0.388. The van der Waals surface area contributed by atoms with Gasteiger partial charge in [-0.3, -0.25) is 4.79 Å². The predicted molar refractivity (Wildman–Crippen MR) is 161 cm³/mol. The third-order valence-corrected chi connectivity index (χ3v) is 11.9. The van der Waals surface area contributed by atoms with Gasteiger partial charge < -0.3 is 14.7 Å². The summed E-state index contributed by atoms with van der Waals surface area (Å²) >= 11 is 6.38. The highest BCUT2D eigenvalue weighted by Crippen LogP contribution is 2.48. The van der Waals surface area contributed by atoms with Crippen molar-refractivity contribution < 1.29 is 23.1 Å². The number of halogens is 1. The monoisotopic (exact) mass is 598 g/mol. The molecule has 1 amide bonds. The largest absolute Gasteiger partial charge is 0.490 e. The zero-order valence-electron chi connectivity index (χ0n) is 23.7. The van der Waals surface area contributed by atoms with Gasteiger partial charge in [-0.1, -0.05) is 29.8 Å². The van der Waals surface area contributed by atoms with Gasteiger partial charge in [0.05, 0.1) is 23.1 Å². The highest BCUT2D eigenvalue weighted by Gasteiger charge is 2.46. The third-order valence-electron chi connectivity index (χ3n) is 9.88. The van der Waals surface area contributed by atoms with Crippen LogP contribution >= 0.6 is 11.6 Å². The lowest BCUT2D eigenvalue weighted by molar-refractivity contribution is -0.0314. The molecule has 1 spiro atoms. The van der Waals surface area contributed by atoms with Crippen LogP contribution in [0.3, 0.4) is 0 Å². The van der Waals surface area contributed by atoms with E-state index in [4.69, 9.17) is 16.3 Å². The molecule has 9 heteroatoms. The van der Waals surface area contributed by atoms with Crippen LogP contribution in [0.1, 0.15) is 73.9 Å². The molecule has 2 N–H and O–H groups in total. The smallest absolute Gasteiger partial charge is 0.264 e. The predicted octanol–water partition coefficient (Wildman–Crippen LogP) is 5.39. The average molecular weight is 599 g/mol. The molecule has 2 aliphatic heterocycles. The van der Waals surface area contributed by atoms with E-state index in [1.165, 1.54) is 11.1 Å². The summed E-state index contributed by atoms with van der Waals surface area (Å²) in [4.78, 5) is 15.6. The molecule has 5 atom stereocenters. The van der Waals surface area contributed by atoms with Crippen LogP contribution in [-0.4, -0.2) is 50.0 Å². The molecule has 6 rings (SSSR count). The first kappa shape index (κ1) is 28.6. The minimum absolute atomic E-state index is 0.0836. The number of benzene rings is 2. The Morgan fingerprint density at radius 3 is 2.76 bits per heavy atom. The highest BCUT2D eigenvalue weighted by atomic mass is 35.5. The highest BCUT2D eigenvalue weighted by molar-refractivity contribution is 7.90. The fraction of sp³-hybridized carbons (Fsp3) is 0.531. The van der Waals surface area contributed by atoms with Crippen molar-refractivity contribution in [3.05, 3.63) is 70.3 Å². The molecule has 0 radical (unpaired) electrons. The molecule has 0 aromatic heterocycles. The normalized spacial score (nSPS) is 33.8. The van der Waals surface area contributed by atoms with Crippen LogP contribution in [0.15, 0.2) is 48.6 Å². The fourth-order valence-electron chi connectivity index (χ4n) is 7.32. The number of carbonyl (C=O) groups excluding carboxylic acids is 1. The summed E-state index contributed by atoms with van der Waals surface area (Å²) in [6.07, 6.45) is 9.47. The Bertz CT molecular complexity index is 1490. The van der Waals surface area contributed by atoms with E-state index in [1.54, 1.807) is 25.1 Å². The quantitative estimate of drug-likeness (QED) is 0.395. The minimum Gasteiger partial charge on any atom is -0.490 e. The summed E-state index contributed by atoms with van der Waals surface area (Å²) in [5, 5.41) is 11.5. The molecule has 2 aromatic carbocycles. The molecule has 0 saturated heterocycles. The number of ether oxygens (including phenoxy) is 1. The Morgan fingerprint density at radius 2 is 1.98 bits per heavy atom. The second-order valence-corrected chi connectivity index (χ2v) is 15.3. The number of nitrogens with one attached hydrogen (secondary N) is 1. The topological polar surface area (TPSA) is 95.9 Å². The van der Waals surface area contributed by atoms with E-state index in [0.717, 1.165) is 42.8 Å². The van der Waals surface area contributed by atoms with Gasteiger partial charge in [0, 0.05) is 29.1 Å². The van der Waals surface area contributed by atoms with Crippen molar-refractivity contribution in [2.24, 2.45) is 11.8 Å². The summed E-state index contributed by atoms with van der Waals surface area (Å²) in [6.45, 7) is 5.36. The molecule has 0 unspecified atom stereocenters. The number of hydrogen-bond acceptors (Lipinski definition) is 6. The second-order valence-electron chi connectivity index (χ2n) is 12.7. The maximum Gasteiger partial charge on any atom is 0.264 e. The minimum atomic E-state index is -3.88. The van der Waals surface area contributed by atoms with Crippen LogP contribution in [0.25, 0.3) is 0 Å². The molecule has 220 valence electrons. The van der Waals surface area contributed by atoms with Gasteiger partial charge in [-0.15, -0.1) is 0 Å². The van der Waals surface area contributed by atoms with Crippen LogP contribution in [-0.2, 0) is 21.9 Å². The number of hydrogen-bond donors (Lipinski definition) is 2. The van der Waals surface area contributed by atoms with E-state index < -0.39 is 26.8 Å². The lowest BCUT2D eigenvalue weighted by Gasteiger charge is -2.48. The van der Waals surface area contributed by atoms with E-state index in [2.05, 4.69) is 21.8 Å². The van der Waals surface area contributed by atoms with Crippen molar-refractivity contribution in [2.45, 2.75) is 75.1 Å². The van der Waals surface area contributed by atoms with Crippen molar-refractivity contribution in [1.82, 2.24) is 4.72 Å². The number of anilines is 1. The third kappa shape index (κ3) is 5.39. The SMILES string of the molecule is C[C@H]1CC/C=C/[C@](C)(O)[C@@H]2CC[C@H]2CN2C[C@@]3(CCCc4cc(Cl)ccc43)COc3ccc(cc32)C(=O)NS1(=O)=O. The van der Waals surface area contributed by atoms with Gasteiger partial charge >= 0.3 is 0 Å². The fourth-order valence-corrected chi connectivity index (χ4v) is 8.53. The first-order chi connectivity index (χ1) is 19.5. The van der Waals surface area contributed by atoms with Crippen LogP contribution in [0.2, 0.25) is 5.02 Å². The zero-order valence-corrected chi connectivity index (χ0v) is 25.3. The number of aryl methyl sites for hydroxylation is 1. The van der Waals surface area contributed by atoms with Gasteiger partial charge in [0.2, 0.25) is 10.0 Å². The van der Waals surface area contributed by atoms with Crippen molar-refractivity contribution >= 4 is 33.2 Å². The molecule has 7 nitrogen and oxygen atoms in total. The number of carbonyl (C=O) groups is 1. The molecule has 2 bridgehead atoms. The van der Waals surface area contributed by atoms with E-state index in [9.17, 15) is 18.3 Å². The number of rotatable bonds is 0. The second kappa shape index (κ2) is 10.6. The van der Waals surface area contributed by atoms with Gasteiger partial charge in [-0.2, -0.15) is 0 Å². The van der Waals surface area contributed by atoms with Crippen molar-refractivity contribution in [1.29, 1.82) is 0 Å². The van der Waals surface area contributed by atoms with Gasteiger partial charge in [-0.05, 0) is 112 Å². The molecular weight excluding hydrogens is 560 g/mol. The zero-order chi connectivity index (χ0) is 29.0. The maximum absolute atomic E-state index is 13.2. The summed E-state index contributed by atoms with van der Waals surface area (Å²) in [7, 11) is -3.88. The Balaban J connectivity index is 1.44. The Hall–Kier alpha value is -2.55. The van der Waals surface area contributed by atoms with E-state index >= 15 is 0 Å². The number of allylic oxidation sites excluding steroid dienone is 1. The summed E-state index contributed by atoms with van der Waals surface area (Å²) in [5.41, 5.74) is 2.32. The van der Waals surface area contributed by atoms with Gasteiger partial charge in [0.15, 0.2) is 0 Å². The average Bonchev–Trinajstić information content (AvgIpc) is 3.05. The maximum atomic E-state index is 13.2. The van der Waals surface area contributed by atoms with Crippen molar-refractivity contribution in [3.8, 4) is 5.75 Å². The van der Waals surface area contributed by atoms with Gasteiger partial charge in [-0.25, -0.2) is 13.1 Å². The van der Waals surface area contributed by atoms with Gasteiger partial charge in [0.25, 0.3) is 5.91 Å². The lowest BCUT2D eigenvalue weighted by Crippen LogP contribution is -2.51. The molecule has 2 heterocycles. The van der Waals surface area contributed by atoms with Crippen molar-refractivity contribution in [2.75, 3.05) is 24.6 Å².